The van der Waals surface area contributed by atoms with Crippen molar-refractivity contribution in [3.63, 3.8) is 0 Å². The molecule has 6 nitrogen and oxygen atoms in total. The number of halogens is 2. The predicted octanol–water partition coefficient (Wildman–Crippen LogP) is 3.91. The highest BCUT2D eigenvalue weighted by Gasteiger charge is 2.31. The summed E-state index contributed by atoms with van der Waals surface area (Å²) < 4.78 is 19.0. The lowest BCUT2D eigenvalue weighted by Gasteiger charge is -2.32. The molecule has 0 N–H and O–H groups in total. The number of hydrogen-bond donors (Lipinski definition) is 0. The number of pyridine rings is 1. The summed E-state index contributed by atoms with van der Waals surface area (Å²) in [5.74, 6) is -0.262. The number of amides is 2. The van der Waals surface area contributed by atoms with Crippen LogP contribution in [0.4, 0.5) is 10.2 Å². The monoisotopic (exact) mass is 457 g/mol. The van der Waals surface area contributed by atoms with E-state index in [1.165, 1.54) is 27.5 Å². The van der Waals surface area contributed by atoms with Crippen molar-refractivity contribution in [1.82, 2.24) is 9.88 Å². The third-order valence-electron chi connectivity index (χ3n) is 5.45. The van der Waals surface area contributed by atoms with E-state index in [2.05, 4.69) is 4.98 Å². The van der Waals surface area contributed by atoms with Crippen molar-refractivity contribution in [2.75, 3.05) is 24.6 Å². The molecule has 0 spiro atoms. The molecule has 158 valence electrons. The Morgan fingerprint density at radius 2 is 2.13 bits per heavy atom. The minimum atomic E-state index is -0.504. The van der Waals surface area contributed by atoms with E-state index in [9.17, 15) is 14.0 Å². The first-order valence-corrected chi connectivity index (χ1v) is 11.0. The smallest absolute Gasteiger partial charge is 0.266 e. The van der Waals surface area contributed by atoms with Gasteiger partial charge in [0, 0.05) is 29.7 Å². The molecule has 0 unspecified atom stereocenters. The quantitative estimate of drug-likeness (QED) is 0.598. The Morgan fingerprint density at radius 1 is 1.26 bits per heavy atom. The van der Waals surface area contributed by atoms with Crippen molar-refractivity contribution in [1.29, 1.82) is 0 Å². The molecule has 2 aliphatic rings. The van der Waals surface area contributed by atoms with Crippen LogP contribution in [0.25, 0.3) is 11.1 Å². The highest BCUT2D eigenvalue weighted by atomic mass is 35.5. The van der Waals surface area contributed by atoms with Gasteiger partial charge < -0.3 is 9.64 Å². The molecule has 2 amide bonds. The van der Waals surface area contributed by atoms with Gasteiger partial charge in [-0.1, -0.05) is 17.7 Å². The van der Waals surface area contributed by atoms with E-state index < -0.39 is 5.82 Å². The molecule has 9 heteroatoms. The number of anilines is 1. The molecule has 0 radical (unpaired) electrons. The van der Waals surface area contributed by atoms with Crippen LogP contribution in [0.3, 0.4) is 0 Å². The van der Waals surface area contributed by atoms with Crippen LogP contribution in [0, 0.1) is 5.82 Å². The summed E-state index contributed by atoms with van der Waals surface area (Å²) in [6.07, 6.45) is 2.38. The van der Waals surface area contributed by atoms with Crippen molar-refractivity contribution < 1.29 is 18.7 Å². The second-order valence-corrected chi connectivity index (χ2v) is 8.79. The van der Waals surface area contributed by atoms with Crippen molar-refractivity contribution in [3.8, 4) is 16.9 Å². The lowest BCUT2D eigenvalue weighted by molar-refractivity contribution is -0.132. The summed E-state index contributed by atoms with van der Waals surface area (Å²) in [5, 5.41) is 2.05. The lowest BCUT2D eigenvalue weighted by atomic mass is 10.1. The van der Waals surface area contributed by atoms with Gasteiger partial charge in [0.15, 0.2) is 18.2 Å². The van der Waals surface area contributed by atoms with E-state index >= 15 is 0 Å². The first-order valence-electron chi connectivity index (χ1n) is 9.71. The number of fused-ring (bicyclic) bond motifs is 2. The number of carbonyl (C=O) groups excluding carboxylic acids is 2. The van der Waals surface area contributed by atoms with Crippen molar-refractivity contribution in [3.05, 3.63) is 63.2 Å². The Labute approximate surface area is 186 Å². The van der Waals surface area contributed by atoms with Gasteiger partial charge in [0.1, 0.15) is 12.4 Å². The zero-order valence-electron chi connectivity index (χ0n) is 16.3. The molecule has 0 bridgehead atoms. The Bertz CT molecular complexity index is 1200. The van der Waals surface area contributed by atoms with E-state index in [1.807, 2.05) is 11.4 Å². The summed E-state index contributed by atoms with van der Waals surface area (Å²) in [6, 6.07) is 8.14. The molecule has 0 saturated heterocycles. The van der Waals surface area contributed by atoms with Crippen LogP contribution in [-0.4, -0.2) is 41.4 Å². The maximum Gasteiger partial charge on any atom is 0.266 e. The molecule has 2 aliphatic heterocycles. The van der Waals surface area contributed by atoms with Gasteiger partial charge in [-0.2, -0.15) is 0 Å². The Hall–Kier alpha value is -2.97. The van der Waals surface area contributed by atoms with Gasteiger partial charge in [0.25, 0.3) is 5.91 Å². The third-order valence-corrected chi connectivity index (χ3v) is 6.76. The van der Waals surface area contributed by atoms with Gasteiger partial charge >= 0.3 is 0 Å². The number of thiophene rings is 1. The summed E-state index contributed by atoms with van der Waals surface area (Å²) in [4.78, 5) is 34.3. The number of aromatic nitrogens is 1. The standard InChI is InChI=1S/C22H17ClFN3O3S/c23-16-7-13(1-2-17(16)24)15-8-18-22(25-9-15)27(21(29)12-30-18)11-20(28)26-5-3-19-14(10-26)4-6-31-19/h1-2,4,6-9H,3,5,10-12H2. The van der Waals surface area contributed by atoms with Crippen LogP contribution in [0.1, 0.15) is 10.4 Å². The van der Waals surface area contributed by atoms with E-state index in [4.69, 9.17) is 16.3 Å². The second-order valence-electron chi connectivity index (χ2n) is 7.38. The molecule has 3 aromatic rings. The van der Waals surface area contributed by atoms with Crippen LogP contribution in [0.5, 0.6) is 5.75 Å². The molecule has 0 atom stereocenters. The van der Waals surface area contributed by atoms with Gasteiger partial charge in [0.05, 0.1) is 5.02 Å². The van der Waals surface area contributed by atoms with Crippen LogP contribution in [0.15, 0.2) is 41.9 Å². The summed E-state index contributed by atoms with van der Waals surface area (Å²) in [7, 11) is 0. The fourth-order valence-corrected chi connectivity index (χ4v) is 4.85. The van der Waals surface area contributed by atoms with Crippen molar-refractivity contribution >= 4 is 40.6 Å². The number of carbonyl (C=O) groups is 2. The highest BCUT2D eigenvalue weighted by molar-refractivity contribution is 7.10. The lowest BCUT2D eigenvalue weighted by Crippen LogP contribution is -2.47. The highest BCUT2D eigenvalue weighted by Crippen LogP contribution is 2.35. The van der Waals surface area contributed by atoms with Gasteiger partial charge in [-0.25, -0.2) is 9.37 Å². The fourth-order valence-electron chi connectivity index (χ4n) is 3.78. The Morgan fingerprint density at radius 3 is 2.97 bits per heavy atom. The number of hydrogen-bond acceptors (Lipinski definition) is 5. The average Bonchev–Trinajstić information content (AvgIpc) is 3.25. The molecule has 2 aromatic heterocycles. The third kappa shape index (κ3) is 3.77. The second kappa shape index (κ2) is 7.94. The molecule has 0 fully saturated rings. The molecular formula is C22H17ClFN3O3S. The van der Waals surface area contributed by atoms with Crippen LogP contribution >= 0.6 is 22.9 Å². The van der Waals surface area contributed by atoms with E-state index in [0.717, 1.165) is 6.42 Å². The SMILES string of the molecule is O=C(CN1C(=O)COc2cc(-c3ccc(F)c(Cl)c3)cnc21)N1CCc2sccc2C1. The first kappa shape index (κ1) is 20.0. The summed E-state index contributed by atoms with van der Waals surface area (Å²) >= 11 is 7.59. The minimum Gasteiger partial charge on any atom is -0.480 e. The topological polar surface area (TPSA) is 62.7 Å². The minimum absolute atomic E-state index is 0.00820. The van der Waals surface area contributed by atoms with Gasteiger partial charge in [0.2, 0.25) is 5.91 Å². The van der Waals surface area contributed by atoms with Gasteiger partial charge in [-0.3, -0.25) is 14.5 Å². The maximum atomic E-state index is 13.5. The number of benzene rings is 1. The molecular weight excluding hydrogens is 441 g/mol. The zero-order valence-corrected chi connectivity index (χ0v) is 17.9. The molecule has 0 aliphatic carbocycles. The number of nitrogens with zero attached hydrogens (tertiary/aromatic N) is 3. The van der Waals surface area contributed by atoms with E-state index in [-0.39, 0.29) is 30.0 Å². The van der Waals surface area contributed by atoms with Crippen molar-refractivity contribution in [2.24, 2.45) is 0 Å². The molecule has 31 heavy (non-hydrogen) atoms. The summed E-state index contributed by atoms with van der Waals surface area (Å²) in [5.41, 5.74) is 2.51. The van der Waals surface area contributed by atoms with Crippen LogP contribution in [0.2, 0.25) is 5.02 Å². The van der Waals surface area contributed by atoms with E-state index in [1.54, 1.807) is 34.6 Å². The first-order chi connectivity index (χ1) is 15.0. The fraction of sp³-hybridized carbons (Fsp3) is 0.227. The normalized spacial score (nSPS) is 15.4. The maximum absolute atomic E-state index is 13.5. The Kier molecular flexibility index (Phi) is 5.11. The van der Waals surface area contributed by atoms with E-state index in [0.29, 0.717) is 35.8 Å². The largest absolute Gasteiger partial charge is 0.480 e. The molecule has 5 rings (SSSR count). The number of ether oxygens (including phenoxy) is 1. The molecule has 4 heterocycles. The molecule has 1 aromatic carbocycles. The van der Waals surface area contributed by atoms with Crippen LogP contribution in [-0.2, 0) is 22.6 Å². The number of rotatable bonds is 3. The van der Waals surface area contributed by atoms with Crippen molar-refractivity contribution in [2.45, 2.75) is 13.0 Å². The Balaban J connectivity index is 1.38. The molecule has 0 saturated carbocycles. The van der Waals surface area contributed by atoms with Gasteiger partial charge in [-0.05, 0) is 47.2 Å². The predicted molar refractivity (Wildman–Crippen MR) is 116 cm³/mol. The van der Waals surface area contributed by atoms with Gasteiger partial charge in [-0.15, -0.1) is 11.3 Å². The van der Waals surface area contributed by atoms with Crippen LogP contribution < -0.4 is 9.64 Å². The zero-order chi connectivity index (χ0) is 21.5. The summed E-state index contributed by atoms with van der Waals surface area (Å²) in [6.45, 7) is 0.920. The average molecular weight is 458 g/mol.